The second-order valence-electron chi connectivity index (χ2n) is 6.11. The molecule has 0 spiro atoms. The molecule has 2 rings (SSSR count). The van der Waals surface area contributed by atoms with Gasteiger partial charge in [-0.15, -0.1) is 0 Å². The van der Waals surface area contributed by atoms with Crippen molar-refractivity contribution in [2.45, 2.75) is 39.2 Å². The highest BCUT2D eigenvalue weighted by Gasteiger charge is 2.22. The monoisotopic (exact) mass is 290 g/mol. The summed E-state index contributed by atoms with van der Waals surface area (Å²) >= 11 is 1.45. The Morgan fingerprint density at radius 3 is 2.55 bits per heavy atom. The zero-order valence-corrected chi connectivity index (χ0v) is 13.5. The molecule has 0 saturated heterocycles. The Morgan fingerprint density at radius 2 is 2.00 bits per heavy atom. The van der Waals surface area contributed by atoms with Gasteiger partial charge < -0.3 is 10.6 Å². The second kappa shape index (κ2) is 5.40. The van der Waals surface area contributed by atoms with Crippen LogP contribution in [-0.2, 0) is 5.41 Å². The molecule has 108 valence electrons. The maximum atomic E-state index is 5.85. The highest BCUT2D eigenvalue weighted by Crippen LogP contribution is 2.30. The SMILES string of the molecule is CC(c1cccc(N)c1)N(C)c1nc(C(C)(C)C)ns1. The molecule has 0 aliphatic heterocycles. The van der Waals surface area contributed by atoms with Crippen LogP contribution in [0.2, 0.25) is 0 Å². The van der Waals surface area contributed by atoms with Gasteiger partial charge in [0.25, 0.3) is 0 Å². The largest absolute Gasteiger partial charge is 0.399 e. The van der Waals surface area contributed by atoms with Gasteiger partial charge in [0.05, 0.1) is 6.04 Å². The molecular weight excluding hydrogens is 268 g/mol. The molecule has 1 heterocycles. The minimum absolute atomic E-state index is 0.0179. The molecule has 1 atom stereocenters. The highest BCUT2D eigenvalue weighted by molar-refractivity contribution is 7.09. The Balaban J connectivity index is 2.22. The number of rotatable bonds is 3. The van der Waals surface area contributed by atoms with E-state index in [0.29, 0.717) is 0 Å². The van der Waals surface area contributed by atoms with E-state index in [1.807, 2.05) is 25.2 Å². The van der Waals surface area contributed by atoms with Crippen molar-refractivity contribution in [1.29, 1.82) is 0 Å². The zero-order chi connectivity index (χ0) is 14.9. The molecule has 0 radical (unpaired) electrons. The Labute approximate surface area is 124 Å². The van der Waals surface area contributed by atoms with Crippen molar-refractivity contribution in [3.05, 3.63) is 35.7 Å². The minimum atomic E-state index is -0.0179. The third-order valence-electron chi connectivity index (χ3n) is 3.36. The van der Waals surface area contributed by atoms with Gasteiger partial charge >= 0.3 is 0 Å². The molecule has 1 aromatic carbocycles. The maximum Gasteiger partial charge on any atom is 0.205 e. The molecule has 0 saturated carbocycles. The molecule has 5 heteroatoms. The molecule has 1 aromatic heterocycles. The van der Waals surface area contributed by atoms with Crippen LogP contribution in [0.5, 0.6) is 0 Å². The number of nitrogens with two attached hydrogens (primary N) is 1. The fourth-order valence-corrected chi connectivity index (χ4v) is 2.77. The topological polar surface area (TPSA) is 55.0 Å². The lowest BCUT2D eigenvalue weighted by molar-refractivity contribution is 0.553. The standard InChI is InChI=1S/C15H22N4S/c1-10(11-7-6-8-12(16)9-11)19(5)14-17-13(18-20-14)15(2,3)4/h6-10H,16H2,1-5H3. The van der Waals surface area contributed by atoms with Gasteiger partial charge in [-0.25, -0.2) is 4.98 Å². The summed E-state index contributed by atoms with van der Waals surface area (Å²) in [5.74, 6) is 0.893. The Kier molecular flexibility index (Phi) is 3.99. The first-order chi connectivity index (χ1) is 9.29. The smallest absolute Gasteiger partial charge is 0.205 e. The quantitative estimate of drug-likeness (QED) is 0.877. The van der Waals surface area contributed by atoms with E-state index < -0.39 is 0 Å². The van der Waals surface area contributed by atoms with E-state index in [9.17, 15) is 0 Å². The van der Waals surface area contributed by atoms with E-state index in [-0.39, 0.29) is 11.5 Å². The normalized spacial score (nSPS) is 13.2. The van der Waals surface area contributed by atoms with Crippen molar-refractivity contribution in [3.8, 4) is 0 Å². The molecule has 0 fully saturated rings. The number of anilines is 2. The summed E-state index contributed by atoms with van der Waals surface area (Å²) in [6.45, 7) is 8.52. The van der Waals surface area contributed by atoms with Crippen molar-refractivity contribution in [2.75, 3.05) is 17.7 Å². The van der Waals surface area contributed by atoms with Crippen molar-refractivity contribution >= 4 is 22.4 Å². The van der Waals surface area contributed by atoms with Crippen LogP contribution in [0, 0.1) is 0 Å². The average Bonchev–Trinajstić information content (AvgIpc) is 2.86. The van der Waals surface area contributed by atoms with Crippen LogP contribution >= 0.6 is 11.5 Å². The van der Waals surface area contributed by atoms with E-state index in [1.54, 1.807) is 0 Å². The summed E-state index contributed by atoms with van der Waals surface area (Å²) in [4.78, 5) is 6.79. The molecule has 1 unspecified atom stereocenters. The number of benzene rings is 1. The summed E-state index contributed by atoms with van der Waals surface area (Å²) in [6.07, 6.45) is 0. The summed E-state index contributed by atoms with van der Waals surface area (Å²) in [6, 6.07) is 8.18. The number of nitrogens with zero attached hydrogens (tertiary/aromatic N) is 3. The Morgan fingerprint density at radius 1 is 1.30 bits per heavy atom. The van der Waals surface area contributed by atoms with E-state index in [2.05, 4.69) is 48.0 Å². The Hall–Kier alpha value is -1.62. The molecule has 2 N–H and O–H groups in total. The number of nitrogen functional groups attached to an aromatic ring is 1. The van der Waals surface area contributed by atoms with Crippen molar-refractivity contribution in [3.63, 3.8) is 0 Å². The number of aromatic nitrogens is 2. The lowest BCUT2D eigenvalue weighted by atomic mass is 9.96. The second-order valence-corrected chi connectivity index (χ2v) is 6.84. The number of hydrogen-bond donors (Lipinski definition) is 1. The minimum Gasteiger partial charge on any atom is -0.399 e. The van der Waals surface area contributed by atoms with E-state index in [0.717, 1.165) is 16.6 Å². The van der Waals surface area contributed by atoms with Crippen LogP contribution in [0.15, 0.2) is 24.3 Å². The van der Waals surface area contributed by atoms with Gasteiger partial charge in [-0.2, -0.15) is 4.37 Å². The van der Waals surface area contributed by atoms with Crippen LogP contribution in [0.25, 0.3) is 0 Å². The van der Waals surface area contributed by atoms with Gasteiger partial charge in [0.2, 0.25) is 5.13 Å². The van der Waals surface area contributed by atoms with Gasteiger partial charge in [0, 0.05) is 29.7 Å². The van der Waals surface area contributed by atoms with E-state index in [1.165, 1.54) is 17.1 Å². The van der Waals surface area contributed by atoms with Gasteiger partial charge in [0.1, 0.15) is 5.82 Å². The molecular formula is C15H22N4S. The first-order valence-electron chi connectivity index (χ1n) is 6.71. The summed E-state index contributed by atoms with van der Waals surface area (Å²) in [5.41, 5.74) is 7.80. The lowest BCUT2D eigenvalue weighted by Gasteiger charge is -2.24. The molecule has 20 heavy (non-hydrogen) atoms. The van der Waals surface area contributed by atoms with Crippen molar-refractivity contribution < 1.29 is 0 Å². The summed E-state index contributed by atoms with van der Waals surface area (Å²) < 4.78 is 4.47. The fraction of sp³-hybridized carbons (Fsp3) is 0.467. The fourth-order valence-electron chi connectivity index (χ4n) is 1.87. The predicted molar refractivity (Wildman–Crippen MR) is 86.3 cm³/mol. The molecule has 0 bridgehead atoms. The molecule has 4 nitrogen and oxygen atoms in total. The van der Waals surface area contributed by atoms with Crippen LogP contribution in [-0.4, -0.2) is 16.4 Å². The van der Waals surface area contributed by atoms with Gasteiger partial charge in [-0.1, -0.05) is 32.9 Å². The zero-order valence-electron chi connectivity index (χ0n) is 12.7. The number of hydrogen-bond acceptors (Lipinski definition) is 5. The third kappa shape index (κ3) is 3.10. The highest BCUT2D eigenvalue weighted by atomic mass is 32.1. The first-order valence-corrected chi connectivity index (χ1v) is 7.49. The molecule has 0 aliphatic rings. The summed E-state index contributed by atoms with van der Waals surface area (Å²) in [5, 5.41) is 0.935. The van der Waals surface area contributed by atoms with Gasteiger partial charge in [0.15, 0.2) is 0 Å². The Bertz CT molecular complexity index is 586. The molecule has 2 aromatic rings. The van der Waals surface area contributed by atoms with Crippen LogP contribution in [0.4, 0.5) is 10.8 Å². The average molecular weight is 290 g/mol. The third-order valence-corrected chi connectivity index (χ3v) is 4.17. The van der Waals surface area contributed by atoms with Crippen LogP contribution < -0.4 is 10.6 Å². The van der Waals surface area contributed by atoms with Crippen LogP contribution in [0.1, 0.15) is 45.1 Å². The predicted octanol–water partition coefficient (Wildman–Crippen LogP) is 3.62. The van der Waals surface area contributed by atoms with Gasteiger partial charge in [-0.05, 0) is 24.6 Å². The maximum absolute atomic E-state index is 5.85. The van der Waals surface area contributed by atoms with Gasteiger partial charge in [-0.3, -0.25) is 0 Å². The lowest BCUT2D eigenvalue weighted by Crippen LogP contribution is -2.22. The van der Waals surface area contributed by atoms with Crippen molar-refractivity contribution in [2.24, 2.45) is 0 Å². The van der Waals surface area contributed by atoms with E-state index >= 15 is 0 Å². The van der Waals surface area contributed by atoms with E-state index in [4.69, 9.17) is 5.73 Å². The molecule has 0 aliphatic carbocycles. The van der Waals surface area contributed by atoms with Crippen molar-refractivity contribution in [1.82, 2.24) is 9.36 Å². The van der Waals surface area contributed by atoms with Crippen LogP contribution in [0.3, 0.4) is 0 Å². The summed E-state index contributed by atoms with van der Waals surface area (Å²) in [7, 11) is 2.04. The molecule has 0 amide bonds. The first kappa shape index (κ1) is 14.8.